The van der Waals surface area contributed by atoms with Gasteiger partial charge in [0, 0.05) is 13.2 Å². The van der Waals surface area contributed by atoms with Gasteiger partial charge >= 0.3 is 5.97 Å². The van der Waals surface area contributed by atoms with Crippen LogP contribution >= 0.6 is 0 Å². The number of ether oxygens (including phenoxy) is 3. The molecule has 1 fully saturated rings. The summed E-state index contributed by atoms with van der Waals surface area (Å²) < 4.78 is 15.2. The van der Waals surface area contributed by atoms with Gasteiger partial charge in [0.2, 0.25) is 0 Å². The van der Waals surface area contributed by atoms with Crippen LogP contribution in [0.25, 0.3) is 0 Å². The van der Waals surface area contributed by atoms with Crippen LogP contribution in [0, 0.1) is 0 Å². The van der Waals surface area contributed by atoms with E-state index in [1.165, 1.54) is 7.11 Å². The highest BCUT2D eigenvalue weighted by molar-refractivity contribution is 5.75. The van der Waals surface area contributed by atoms with Gasteiger partial charge in [0.15, 0.2) is 0 Å². The minimum absolute atomic E-state index is 0.222. The molecule has 15 heavy (non-hydrogen) atoms. The second kappa shape index (κ2) is 6.76. The van der Waals surface area contributed by atoms with Gasteiger partial charge in [0.1, 0.15) is 6.04 Å². The first-order chi connectivity index (χ1) is 7.24. The van der Waals surface area contributed by atoms with E-state index in [9.17, 15) is 4.79 Å². The fourth-order valence-corrected chi connectivity index (χ4v) is 1.47. The highest BCUT2D eigenvalue weighted by Gasteiger charge is 2.16. The van der Waals surface area contributed by atoms with Gasteiger partial charge < -0.3 is 19.9 Å². The molecular weight excluding hydrogens is 198 g/mol. The summed E-state index contributed by atoms with van der Waals surface area (Å²) >= 11 is 0. The molecule has 1 saturated heterocycles. The molecule has 0 aromatic rings. The summed E-state index contributed by atoms with van der Waals surface area (Å²) in [6.45, 7) is 1.89. The van der Waals surface area contributed by atoms with Gasteiger partial charge in [0.25, 0.3) is 0 Å². The molecule has 5 nitrogen and oxygen atoms in total. The number of esters is 1. The van der Waals surface area contributed by atoms with Crippen molar-refractivity contribution in [2.24, 2.45) is 5.73 Å². The predicted octanol–water partition coefficient (Wildman–Crippen LogP) is 0.0724. The van der Waals surface area contributed by atoms with Crippen LogP contribution in [0.5, 0.6) is 0 Å². The van der Waals surface area contributed by atoms with E-state index in [-0.39, 0.29) is 6.10 Å². The fourth-order valence-electron chi connectivity index (χ4n) is 1.47. The topological polar surface area (TPSA) is 70.8 Å². The molecule has 0 aromatic carbocycles. The largest absolute Gasteiger partial charge is 0.468 e. The molecule has 2 N–H and O–H groups in total. The quantitative estimate of drug-likeness (QED) is 0.503. The van der Waals surface area contributed by atoms with E-state index in [1.54, 1.807) is 0 Å². The lowest BCUT2D eigenvalue weighted by Gasteiger charge is -2.12. The van der Waals surface area contributed by atoms with E-state index in [0.717, 1.165) is 19.4 Å². The van der Waals surface area contributed by atoms with Gasteiger partial charge in [0.05, 0.1) is 19.8 Å². The number of rotatable bonds is 6. The lowest BCUT2D eigenvalue weighted by atomic mass is 10.2. The molecule has 0 aliphatic carbocycles. The Balaban J connectivity index is 1.98. The van der Waals surface area contributed by atoms with Crippen LogP contribution in [0.3, 0.4) is 0 Å². The molecule has 0 bridgehead atoms. The molecule has 1 heterocycles. The van der Waals surface area contributed by atoms with Crippen LogP contribution in [-0.2, 0) is 19.0 Å². The molecule has 0 saturated carbocycles. The van der Waals surface area contributed by atoms with E-state index in [1.807, 2.05) is 0 Å². The molecule has 1 rings (SSSR count). The Labute approximate surface area is 89.9 Å². The maximum Gasteiger partial charge on any atom is 0.322 e. The van der Waals surface area contributed by atoms with Gasteiger partial charge in [-0.25, -0.2) is 0 Å². The average Bonchev–Trinajstić information content (AvgIpc) is 2.75. The van der Waals surface area contributed by atoms with Gasteiger partial charge in [-0.15, -0.1) is 0 Å². The van der Waals surface area contributed by atoms with Crippen LogP contribution in [0.2, 0.25) is 0 Å². The van der Waals surface area contributed by atoms with E-state index >= 15 is 0 Å². The summed E-state index contributed by atoms with van der Waals surface area (Å²) in [6.07, 6.45) is 2.87. The summed E-state index contributed by atoms with van der Waals surface area (Å²) in [7, 11) is 1.33. The minimum atomic E-state index is -0.584. The SMILES string of the molecule is COC(=O)C(N)CCOCC1CCCO1. The molecular formula is C10H19NO4. The Hall–Kier alpha value is -0.650. The minimum Gasteiger partial charge on any atom is -0.468 e. The molecule has 0 amide bonds. The van der Waals surface area contributed by atoms with Gasteiger partial charge in [-0.2, -0.15) is 0 Å². The fraction of sp³-hybridized carbons (Fsp3) is 0.900. The van der Waals surface area contributed by atoms with Crippen molar-refractivity contribution in [3.63, 3.8) is 0 Å². The van der Waals surface area contributed by atoms with Gasteiger partial charge in [-0.1, -0.05) is 0 Å². The smallest absolute Gasteiger partial charge is 0.322 e. The highest BCUT2D eigenvalue weighted by Crippen LogP contribution is 2.11. The van der Waals surface area contributed by atoms with Crippen LogP contribution in [-0.4, -0.2) is 45.0 Å². The second-order valence-electron chi connectivity index (χ2n) is 3.63. The average molecular weight is 217 g/mol. The number of methoxy groups -OCH3 is 1. The number of hydrogen-bond donors (Lipinski definition) is 1. The molecule has 88 valence electrons. The van der Waals surface area contributed by atoms with Crippen molar-refractivity contribution in [1.29, 1.82) is 0 Å². The first kappa shape index (κ1) is 12.4. The Bertz CT molecular complexity index is 192. The molecule has 1 aliphatic rings. The van der Waals surface area contributed by atoms with Gasteiger partial charge in [-0.05, 0) is 19.3 Å². The lowest BCUT2D eigenvalue weighted by molar-refractivity contribution is -0.142. The number of hydrogen-bond acceptors (Lipinski definition) is 5. The maximum atomic E-state index is 10.9. The van der Waals surface area contributed by atoms with E-state index < -0.39 is 12.0 Å². The number of carbonyl (C=O) groups is 1. The molecule has 0 aromatic heterocycles. The Morgan fingerprint density at radius 2 is 2.47 bits per heavy atom. The highest BCUT2D eigenvalue weighted by atomic mass is 16.5. The van der Waals surface area contributed by atoms with Crippen LogP contribution < -0.4 is 5.73 Å². The predicted molar refractivity (Wildman–Crippen MR) is 54.4 cm³/mol. The van der Waals surface area contributed by atoms with Crippen molar-refractivity contribution in [1.82, 2.24) is 0 Å². The number of nitrogens with two attached hydrogens (primary N) is 1. The van der Waals surface area contributed by atoms with Gasteiger partial charge in [-0.3, -0.25) is 4.79 Å². The molecule has 0 spiro atoms. The van der Waals surface area contributed by atoms with Crippen LogP contribution in [0.4, 0.5) is 0 Å². The van der Waals surface area contributed by atoms with Crippen molar-refractivity contribution in [2.45, 2.75) is 31.4 Å². The van der Waals surface area contributed by atoms with Crippen molar-refractivity contribution in [2.75, 3.05) is 26.9 Å². The molecule has 2 unspecified atom stereocenters. The maximum absolute atomic E-state index is 10.9. The summed E-state index contributed by atoms with van der Waals surface area (Å²) in [5.41, 5.74) is 5.54. The Morgan fingerprint density at radius 3 is 3.07 bits per heavy atom. The zero-order valence-corrected chi connectivity index (χ0v) is 9.11. The Morgan fingerprint density at radius 1 is 1.67 bits per heavy atom. The number of carbonyl (C=O) groups excluding carboxylic acids is 1. The zero-order chi connectivity index (χ0) is 11.1. The normalized spacial score (nSPS) is 22.7. The van der Waals surface area contributed by atoms with Crippen molar-refractivity contribution in [3.05, 3.63) is 0 Å². The third kappa shape index (κ3) is 4.59. The van der Waals surface area contributed by atoms with Crippen LogP contribution in [0.15, 0.2) is 0 Å². The molecule has 5 heteroatoms. The van der Waals surface area contributed by atoms with Crippen LogP contribution in [0.1, 0.15) is 19.3 Å². The van der Waals surface area contributed by atoms with E-state index in [4.69, 9.17) is 15.2 Å². The summed E-state index contributed by atoms with van der Waals surface area (Å²) in [5, 5.41) is 0. The van der Waals surface area contributed by atoms with Crippen molar-refractivity contribution >= 4 is 5.97 Å². The third-order valence-electron chi connectivity index (χ3n) is 2.40. The molecule has 1 aliphatic heterocycles. The van der Waals surface area contributed by atoms with Crippen molar-refractivity contribution in [3.8, 4) is 0 Å². The van der Waals surface area contributed by atoms with E-state index in [0.29, 0.717) is 19.6 Å². The Kier molecular flexibility index (Phi) is 5.60. The first-order valence-electron chi connectivity index (χ1n) is 5.26. The zero-order valence-electron chi connectivity index (χ0n) is 9.11. The summed E-state index contributed by atoms with van der Waals surface area (Å²) in [5.74, 6) is -0.393. The monoisotopic (exact) mass is 217 g/mol. The molecule has 2 atom stereocenters. The van der Waals surface area contributed by atoms with Crippen molar-refractivity contribution < 1.29 is 19.0 Å². The summed E-state index contributed by atoms with van der Waals surface area (Å²) in [4.78, 5) is 10.9. The lowest BCUT2D eigenvalue weighted by Crippen LogP contribution is -2.33. The third-order valence-corrected chi connectivity index (χ3v) is 2.40. The van der Waals surface area contributed by atoms with E-state index in [2.05, 4.69) is 4.74 Å². The molecule has 0 radical (unpaired) electrons. The first-order valence-corrected chi connectivity index (χ1v) is 5.26. The standard InChI is InChI=1S/C10H19NO4/c1-13-10(12)9(11)4-6-14-7-8-3-2-5-15-8/h8-9H,2-7,11H2,1H3. The summed E-state index contributed by atoms with van der Waals surface area (Å²) in [6, 6.07) is -0.584. The second-order valence-corrected chi connectivity index (χ2v) is 3.63.